The van der Waals surface area contributed by atoms with E-state index in [0.29, 0.717) is 18.1 Å². The van der Waals surface area contributed by atoms with Crippen molar-refractivity contribution < 1.29 is 4.92 Å². The SMILES string of the molecule is CN(Cc1ccccc1)c1c([N+](=O)[O-])c(C(Cl)Cl)nn1-c1ccccc1. The summed E-state index contributed by atoms with van der Waals surface area (Å²) in [5.74, 6) is 0.325. The van der Waals surface area contributed by atoms with Crippen molar-refractivity contribution in [3.63, 3.8) is 0 Å². The highest BCUT2D eigenvalue weighted by atomic mass is 35.5. The molecule has 6 nitrogen and oxygen atoms in total. The third kappa shape index (κ3) is 3.66. The van der Waals surface area contributed by atoms with Gasteiger partial charge in [0.2, 0.25) is 5.82 Å². The molecule has 0 radical (unpaired) electrons. The molecule has 134 valence electrons. The largest absolute Gasteiger partial charge is 0.350 e. The van der Waals surface area contributed by atoms with E-state index in [2.05, 4.69) is 5.10 Å². The molecule has 0 amide bonds. The number of hydrogen-bond acceptors (Lipinski definition) is 4. The number of nitrogens with zero attached hydrogens (tertiary/aromatic N) is 4. The molecular weight excluding hydrogens is 375 g/mol. The van der Waals surface area contributed by atoms with E-state index in [-0.39, 0.29) is 11.4 Å². The van der Waals surface area contributed by atoms with Gasteiger partial charge in [0.15, 0.2) is 10.5 Å². The molecule has 1 heterocycles. The highest BCUT2D eigenvalue weighted by Gasteiger charge is 2.33. The van der Waals surface area contributed by atoms with Crippen LogP contribution in [0.2, 0.25) is 0 Å². The van der Waals surface area contributed by atoms with Crippen LogP contribution in [0.5, 0.6) is 0 Å². The van der Waals surface area contributed by atoms with Gasteiger partial charge in [0.1, 0.15) is 0 Å². The Bertz CT molecular complexity index is 898. The molecule has 2 aromatic carbocycles. The number of hydrogen-bond donors (Lipinski definition) is 0. The van der Waals surface area contributed by atoms with Gasteiger partial charge in [-0.1, -0.05) is 71.7 Å². The van der Waals surface area contributed by atoms with Crippen LogP contribution in [0.4, 0.5) is 11.5 Å². The first-order chi connectivity index (χ1) is 12.5. The Balaban J connectivity index is 2.15. The predicted molar refractivity (Wildman–Crippen MR) is 103 cm³/mol. The Hall–Kier alpha value is -2.57. The smallest absolute Gasteiger partial charge is 0.337 e. The van der Waals surface area contributed by atoms with Crippen molar-refractivity contribution >= 4 is 34.7 Å². The lowest BCUT2D eigenvalue weighted by molar-refractivity contribution is -0.384. The van der Waals surface area contributed by atoms with Crippen molar-refractivity contribution in [1.29, 1.82) is 0 Å². The molecule has 3 rings (SSSR count). The molecule has 1 aromatic heterocycles. The number of nitro groups is 1. The van der Waals surface area contributed by atoms with E-state index < -0.39 is 9.76 Å². The Morgan fingerprint density at radius 3 is 2.23 bits per heavy atom. The number of para-hydroxylation sites is 1. The molecular formula is C18H16Cl2N4O2. The Kier molecular flexibility index (Phi) is 5.44. The van der Waals surface area contributed by atoms with Gasteiger partial charge in [-0.25, -0.2) is 4.68 Å². The van der Waals surface area contributed by atoms with E-state index in [1.54, 1.807) is 11.9 Å². The van der Waals surface area contributed by atoms with Crippen LogP contribution >= 0.6 is 23.2 Å². The van der Waals surface area contributed by atoms with Crippen LogP contribution in [-0.2, 0) is 6.54 Å². The molecule has 8 heteroatoms. The van der Waals surface area contributed by atoms with Crippen LogP contribution in [0.25, 0.3) is 5.69 Å². The van der Waals surface area contributed by atoms with Crippen molar-refractivity contribution in [2.24, 2.45) is 0 Å². The number of alkyl halides is 2. The standard InChI is InChI=1S/C18H16Cl2N4O2/c1-22(12-13-8-4-2-5-9-13)18-16(24(25)26)15(17(19)20)21-23(18)14-10-6-3-7-11-14/h2-11,17H,12H2,1H3. The van der Waals surface area contributed by atoms with Gasteiger partial charge in [0, 0.05) is 13.6 Å². The zero-order valence-electron chi connectivity index (χ0n) is 13.9. The van der Waals surface area contributed by atoms with Crippen LogP contribution in [0.15, 0.2) is 60.7 Å². The second-order valence-corrected chi connectivity index (χ2v) is 6.80. The van der Waals surface area contributed by atoms with Crippen molar-refractivity contribution in [3.8, 4) is 5.69 Å². The average molecular weight is 391 g/mol. The van der Waals surface area contributed by atoms with Crippen LogP contribution in [0.3, 0.4) is 0 Å². The minimum atomic E-state index is -1.11. The second-order valence-electron chi connectivity index (χ2n) is 5.70. The maximum absolute atomic E-state index is 11.8. The fourth-order valence-corrected chi connectivity index (χ4v) is 3.06. The monoisotopic (exact) mass is 390 g/mol. The predicted octanol–water partition coefficient (Wildman–Crippen LogP) is 4.89. The molecule has 0 spiro atoms. The van der Waals surface area contributed by atoms with Gasteiger partial charge < -0.3 is 4.90 Å². The molecule has 0 fully saturated rings. The zero-order valence-corrected chi connectivity index (χ0v) is 15.4. The minimum absolute atomic E-state index is 0.0251. The van der Waals surface area contributed by atoms with Crippen LogP contribution in [-0.4, -0.2) is 21.8 Å². The average Bonchev–Trinajstić information content (AvgIpc) is 3.04. The molecule has 0 saturated heterocycles. The lowest BCUT2D eigenvalue weighted by atomic mass is 10.2. The molecule has 0 bridgehead atoms. The van der Waals surface area contributed by atoms with Gasteiger partial charge in [0.05, 0.1) is 10.6 Å². The summed E-state index contributed by atoms with van der Waals surface area (Å²) in [6, 6.07) is 18.8. The van der Waals surface area contributed by atoms with E-state index in [0.717, 1.165) is 5.56 Å². The van der Waals surface area contributed by atoms with E-state index in [1.165, 1.54) is 4.68 Å². The summed E-state index contributed by atoms with van der Waals surface area (Å²) in [4.78, 5) is 11.9. The first-order valence-corrected chi connectivity index (χ1v) is 8.72. The number of rotatable bonds is 6. The normalized spacial score (nSPS) is 10.9. The number of anilines is 1. The topological polar surface area (TPSA) is 64.2 Å². The maximum atomic E-state index is 11.8. The number of aromatic nitrogens is 2. The fourth-order valence-electron chi connectivity index (χ4n) is 2.76. The van der Waals surface area contributed by atoms with Gasteiger partial charge >= 0.3 is 5.69 Å². The van der Waals surface area contributed by atoms with Crippen LogP contribution < -0.4 is 4.90 Å². The van der Waals surface area contributed by atoms with E-state index in [9.17, 15) is 10.1 Å². The van der Waals surface area contributed by atoms with Crippen LogP contribution in [0.1, 0.15) is 16.1 Å². The maximum Gasteiger partial charge on any atom is 0.337 e. The summed E-state index contributed by atoms with van der Waals surface area (Å²) in [5, 5.41) is 16.1. The van der Waals surface area contributed by atoms with Crippen molar-refractivity contribution in [1.82, 2.24) is 9.78 Å². The minimum Gasteiger partial charge on any atom is -0.350 e. The van der Waals surface area contributed by atoms with Crippen molar-refractivity contribution in [3.05, 3.63) is 82.0 Å². The summed E-state index contributed by atoms with van der Waals surface area (Å²) in [5.41, 5.74) is 1.53. The molecule has 0 saturated carbocycles. The third-order valence-corrected chi connectivity index (χ3v) is 4.29. The van der Waals surface area contributed by atoms with Gasteiger partial charge in [-0.2, -0.15) is 5.10 Å². The molecule has 0 aliphatic carbocycles. The first-order valence-electron chi connectivity index (χ1n) is 7.85. The van der Waals surface area contributed by atoms with E-state index >= 15 is 0 Å². The van der Waals surface area contributed by atoms with Crippen molar-refractivity contribution in [2.75, 3.05) is 11.9 Å². The summed E-state index contributed by atoms with van der Waals surface area (Å²) in [6.45, 7) is 0.467. The van der Waals surface area contributed by atoms with Gasteiger partial charge in [0.25, 0.3) is 0 Å². The molecule has 0 N–H and O–H groups in total. The zero-order chi connectivity index (χ0) is 18.7. The highest BCUT2D eigenvalue weighted by Crippen LogP contribution is 2.40. The lowest BCUT2D eigenvalue weighted by Gasteiger charge is -2.19. The molecule has 0 atom stereocenters. The number of benzene rings is 2. The highest BCUT2D eigenvalue weighted by molar-refractivity contribution is 6.44. The van der Waals surface area contributed by atoms with Crippen molar-refractivity contribution in [2.45, 2.75) is 11.4 Å². The van der Waals surface area contributed by atoms with Gasteiger partial charge in [-0.3, -0.25) is 10.1 Å². The second kappa shape index (κ2) is 7.76. The quantitative estimate of drug-likeness (QED) is 0.341. The molecule has 0 aliphatic heterocycles. The Labute approximate surface area is 160 Å². The Morgan fingerprint density at radius 2 is 1.69 bits per heavy atom. The molecule has 0 aliphatic rings. The molecule has 26 heavy (non-hydrogen) atoms. The summed E-state index contributed by atoms with van der Waals surface area (Å²) in [7, 11) is 1.78. The van der Waals surface area contributed by atoms with Gasteiger partial charge in [-0.15, -0.1) is 0 Å². The number of halogens is 2. The fraction of sp³-hybridized carbons (Fsp3) is 0.167. The lowest BCUT2D eigenvalue weighted by Crippen LogP contribution is -2.21. The third-order valence-electron chi connectivity index (χ3n) is 3.88. The molecule has 3 aromatic rings. The summed E-state index contributed by atoms with van der Waals surface area (Å²) < 4.78 is 1.51. The Morgan fingerprint density at radius 1 is 1.12 bits per heavy atom. The molecule has 0 unspecified atom stereocenters. The summed E-state index contributed by atoms with van der Waals surface area (Å²) in [6.07, 6.45) is 0. The van der Waals surface area contributed by atoms with E-state index in [4.69, 9.17) is 23.2 Å². The van der Waals surface area contributed by atoms with E-state index in [1.807, 2.05) is 60.7 Å². The van der Waals surface area contributed by atoms with Gasteiger partial charge in [-0.05, 0) is 17.7 Å². The first kappa shape index (κ1) is 18.2. The van der Waals surface area contributed by atoms with Crippen LogP contribution in [0, 0.1) is 10.1 Å². The summed E-state index contributed by atoms with van der Waals surface area (Å²) >= 11 is 11.9.